The van der Waals surface area contributed by atoms with Gasteiger partial charge in [0.2, 0.25) is 5.91 Å². The lowest BCUT2D eigenvalue weighted by atomic mass is 9.81. The minimum absolute atomic E-state index is 0.174. The third-order valence-corrected chi connectivity index (χ3v) is 6.17. The van der Waals surface area contributed by atoms with Crippen molar-refractivity contribution < 1.29 is 14.4 Å². The fourth-order valence-corrected chi connectivity index (χ4v) is 4.35. The van der Waals surface area contributed by atoms with Crippen LogP contribution in [0.1, 0.15) is 79.3 Å². The average Bonchev–Trinajstić information content (AvgIpc) is 3.14. The Morgan fingerprint density at radius 3 is 2.23 bits per heavy atom. The molecule has 0 bridgehead atoms. The van der Waals surface area contributed by atoms with Crippen molar-refractivity contribution in [2.24, 2.45) is 0 Å². The zero-order valence-electron chi connectivity index (χ0n) is 19.3. The van der Waals surface area contributed by atoms with Crippen molar-refractivity contribution in [2.45, 2.75) is 90.1 Å². The number of carbonyl (C=O) groups excluding carboxylic acids is 3. The zero-order chi connectivity index (χ0) is 22.5. The first-order valence-corrected chi connectivity index (χ1v) is 10.8. The summed E-state index contributed by atoms with van der Waals surface area (Å²) in [6, 6.07) is 1.47. The molecular weight excluding hydrogens is 382 g/mol. The second-order valence-electron chi connectivity index (χ2n) is 10.6. The molecule has 1 saturated carbocycles. The van der Waals surface area contributed by atoms with Crippen LogP contribution in [0.2, 0.25) is 0 Å². The summed E-state index contributed by atoms with van der Waals surface area (Å²) < 4.78 is 1.79. The molecule has 30 heavy (non-hydrogen) atoms. The standard InChI is InChI=1S/C22H35N5O3/c1-20(2,3)15-13-16(27(24-15)21(4,5)6)23-17(28)14-26-18(29)22(25(7)19(26)30)11-9-8-10-12-22/h13H,8-12,14H2,1-7H3,(H,23,28). The Kier molecular flexibility index (Phi) is 5.50. The molecule has 2 heterocycles. The molecule has 2 aliphatic rings. The quantitative estimate of drug-likeness (QED) is 0.763. The van der Waals surface area contributed by atoms with Crippen molar-refractivity contribution in [3.8, 4) is 0 Å². The summed E-state index contributed by atoms with van der Waals surface area (Å²) in [5.41, 5.74) is -0.422. The molecule has 1 spiro atoms. The molecule has 4 amide bonds. The molecular formula is C22H35N5O3. The van der Waals surface area contributed by atoms with Gasteiger partial charge in [-0.25, -0.2) is 9.48 Å². The average molecular weight is 418 g/mol. The van der Waals surface area contributed by atoms with Gasteiger partial charge in [-0.3, -0.25) is 14.5 Å². The SMILES string of the molecule is CN1C(=O)N(CC(=O)Nc2cc(C(C)(C)C)nn2C(C)(C)C)C(=O)C12CCCCC2. The van der Waals surface area contributed by atoms with Crippen LogP contribution in [0.25, 0.3) is 0 Å². The smallest absolute Gasteiger partial charge is 0.313 e. The molecule has 0 unspecified atom stereocenters. The van der Waals surface area contributed by atoms with Gasteiger partial charge in [0.15, 0.2) is 0 Å². The lowest BCUT2D eigenvalue weighted by Gasteiger charge is -2.35. The van der Waals surface area contributed by atoms with Gasteiger partial charge in [-0.1, -0.05) is 40.0 Å². The lowest BCUT2D eigenvalue weighted by molar-refractivity contribution is -0.136. The highest BCUT2D eigenvalue weighted by atomic mass is 16.2. The number of imide groups is 1. The van der Waals surface area contributed by atoms with E-state index in [-0.39, 0.29) is 23.4 Å². The number of hydrogen-bond donors (Lipinski definition) is 1. The van der Waals surface area contributed by atoms with Crippen LogP contribution in [0, 0.1) is 0 Å². The van der Waals surface area contributed by atoms with Crippen molar-refractivity contribution in [1.29, 1.82) is 0 Å². The molecule has 1 aliphatic carbocycles. The molecule has 3 rings (SSSR count). The Hall–Kier alpha value is -2.38. The van der Waals surface area contributed by atoms with Gasteiger partial charge in [0.05, 0.1) is 11.2 Å². The van der Waals surface area contributed by atoms with Crippen molar-refractivity contribution in [3.05, 3.63) is 11.8 Å². The number of anilines is 1. The van der Waals surface area contributed by atoms with Crippen LogP contribution in [-0.2, 0) is 20.5 Å². The van der Waals surface area contributed by atoms with E-state index < -0.39 is 17.5 Å². The first kappa shape index (κ1) is 22.3. The number of nitrogens with one attached hydrogen (secondary N) is 1. The van der Waals surface area contributed by atoms with Crippen LogP contribution in [0.15, 0.2) is 6.07 Å². The normalized spacial score (nSPS) is 19.7. The van der Waals surface area contributed by atoms with Crippen LogP contribution in [0.5, 0.6) is 0 Å². The van der Waals surface area contributed by atoms with Crippen LogP contribution < -0.4 is 5.32 Å². The fourth-order valence-electron chi connectivity index (χ4n) is 4.35. The van der Waals surface area contributed by atoms with Crippen molar-refractivity contribution in [3.63, 3.8) is 0 Å². The fraction of sp³-hybridized carbons (Fsp3) is 0.727. The van der Waals surface area contributed by atoms with Crippen molar-refractivity contribution in [1.82, 2.24) is 19.6 Å². The molecule has 1 aromatic rings. The predicted molar refractivity (Wildman–Crippen MR) is 115 cm³/mol. The van der Waals surface area contributed by atoms with Crippen LogP contribution >= 0.6 is 0 Å². The van der Waals surface area contributed by atoms with E-state index in [4.69, 9.17) is 5.10 Å². The van der Waals surface area contributed by atoms with E-state index in [0.717, 1.165) is 29.9 Å². The van der Waals surface area contributed by atoms with Gasteiger partial charge in [-0.2, -0.15) is 5.10 Å². The molecule has 0 radical (unpaired) electrons. The minimum atomic E-state index is -0.776. The number of rotatable bonds is 3. The molecule has 1 aliphatic heterocycles. The number of carbonyl (C=O) groups is 3. The number of hydrogen-bond acceptors (Lipinski definition) is 4. The van der Waals surface area contributed by atoms with Crippen LogP contribution in [0.4, 0.5) is 10.6 Å². The molecule has 8 nitrogen and oxygen atoms in total. The second kappa shape index (κ2) is 7.39. The Bertz CT molecular complexity index is 853. The van der Waals surface area contributed by atoms with Gasteiger partial charge in [0.25, 0.3) is 5.91 Å². The number of likely N-dealkylation sites (N-methyl/N-ethyl adjacent to an activating group) is 1. The van der Waals surface area contributed by atoms with Crippen LogP contribution in [-0.4, -0.2) is 56.6 Å². The summed E-state index contributed by atoms with van der Waals surface area (Å²) in [5, 5.41) is 7.57. The second-order valence-corrected chi connectivity index (χ2v) is 10.6. The van der Waals surface area contributed by atoms with E-state index in [1.54, 1.807) is 16.6 Å². The molecule has 0 atom stereocenters. The summed E-state index contributed by atoms with van der Waals surface area (Å²) in [5.74, 6) is -0.0781. The maximum atomic E-state index is 13.1. The van der Waals surface area contributed by atoms with E-state index in [1.165, 1.54) is 0 Å². The monoisotopic (exact) mass is 417 g/mol. The number of nitrogens with zero attached hydrogens (tertiary/aromatic N) is 4. The van der Waals surface area contributed by atoms with Gasteiger partial charge in [0.1, 0.15) is 17.9 Å². The van der Waals surface area contributed by atoms with E-state index in [9.17, 15) is 14.4 Å². The first-order valence-electron chi connectivity index (χ1n) is 10.8. The topological polar surface area (TPSA) is 87.5 Å². The van der Waals surface area contributed by atoms with Crippen molar-refractivity contribution >= 4 is 23.7 Å². The third kappa shape index (κ3) is 3.84. The number of amides is 4. The van der Waals surface area contributed by atoms with E-state index in [1.807, 2.05) is 26.8 Å². The Labute approximate surface area is 179 Å². The Morgan fingerprint density at radius 1 is 1.10 bits per heavy atom. The maximum Gasteiger partial charge on any atom is 0.327 e. The van der Waals surface area contributed by atoms with Gasteiger partial charge in [-0.05, 0) is 33.6 Å². The highest BCUT2D eigenvalue weighted by Crippen LogP contribution is 2.39. The zero-order valence-corrected chi connectivity index (χ0v) is 19.3. The molecule has 1 N–H and O–H groups in total. The largest absolute Gasteiger partial charge is 0.327 e. The molecule has 1 saturated heterocycles. The summed E-state index contributed by atoms with van der Waals surface area (Å²) in [4.78, 5) is 41.4. The summed E-state index contributed by atoms with van der Waals surface area (Å²) in [6.07, 6.45) is 4.24. The van der Waals surface area contributed by atoms with E-state index >= 15 is 0 Å². The first-order chi connectivity index (χ1) is 13.8. The summed E-state index contributed by atoms with van der Waals surface area (Å²) in [6.45, 7) is 11.9. The van der Waals surface area contributed by atoms with Gasteiger partial charge in [0, 0.05) is 18.5 Å². The Morgan fingerprint density at radius 2 is 1.70 bits per heavy atom. The summed E-state index contributed by atoms with van der Waals surface area (Å²) in [7, 11) is 1.67. The minimum Gasteiger partial charge on any atom is -0.313 e. The maximum absolute atomic E-state index is 13.1. The molecule has 1 aromatic heterocycles. The highest BCUT2D eigenvalue weighted by Gasteiger charge is 2.55. The van der Waals surface area contributed by atoms with Gasteiger partial charge < -0.3 is 10.2 Å². The van der Waals surface area contributed by atoms with Crippen molar-refractivity contribution in [2.75, 3.05) is 18.9 Å². The molecule has 166 valence electrons. The number of aromatic nitrogens is 2. The Balaban J connectivity index is 1.80. The number of urea groups is 1. The van der Waals surface area contributed by atoms with Gasteiger partial charge >= 0.3 is 6.03 Å². The predicted octanol–water partition coefficient (Wildman–Crippen LogP) is 3.47. The van der Waals surface area contributed by atoms with E-state index in [2.05, 4.69) is 26.1 Å². The van der Waals surface area contributed by atoms with Crippen LogP contribution in [0.3, 0.4) is 0 Å². The lowest BCUT2D eigenvalue weighted by Crippen LogP contribution is -2.49. The van der Waals surface area contributed by atoms with E-state index in [0.29, 0.717) is 18.7 Å². The molecule has 8 heteroatoms. The third-order valence-electron chi connectivity index (χ3n) is 6.17. The molecule has 2 fully saturated rings. The summed E-state index contributed by atoms with van der Waals surface area (Å²) >= 11 is 0. The molecule has 0 aromatic carbocycles. The van der Waals surface area contributed by atoms with Gasteiger partial charge in [-0.15, -0.1) is 0 Å². The highest BCUT2D eigenvalue weighted by molar-refractivity contribution is 6.10.